The second-order valence-corrected chi connectivity index (χ2v) is 4.56. The van der Waals surface area contributed by atoms with E-state index in [9.17, 15) is 4.79 Å². The fourth-order valence-corrected chi connectivity index (χ4v) is 2.08. The molecule has 0 aliphatic carbocycles. The number of carbonyl (C=O) groups excluding carboxylic acids is 1. The number of nitrogens with one attached hydrogen (secondary N) is 2. The molecule has 0 spiro atoms. The summed E-state index contributed by atoms with van der Waals surface area (Å²) in [4.78, 5) is 15.4. The van der Waals surface area contributed by atoms with Gasteiger partial charge in [-0.25, -0.2) is 4.98 Å². The Morgan fingerprint density at radius 3 is 3.06 bits per heavy atom. The maximum Gasteiger partial charge on any atom is 0.220 e. The van der Waals surface area contributed by atoms with Gasteiger partial charge in [-0.1, -0.05) is 6.07 Å². The van der Waals surface area contributed by atoms with Gasteiger partial charge in [0.1, 0.15) is 0 Å². The molecule has 1 atom stereocenters. The number of amides is 1. The van der Waals surface area contributed by atoms with Crippen molar-refractivity contribution < 1.29 is 9.53 Å². The summed E-state index contributed by atoms with van der Waals surface area (Å²) in [7, 11) is 1.63. The van der Waals surface area contributed by atoms with Crippen molar-refractivity contribution in [2.24, 2.45) is 0 Å². The van der Waals surface area contributed by atoms with E-state index in [0.29, 0.717) is 18.8 Å². The van der Waals surface area contributed by atoms with Crippen molar-refractivity contribution in [3.05, 3.63) is 23.4 Å². The molecule has 0 unspecified atom stereocenters. The number of hydrogen-bond donors (Lipinski definition) is 2. The number of carbonyl (C=O) groups is 1. The maximum absolute atomic E-state index is 11.1. The van der Waals surface area contributed by atoms with E-state index in [2.05, 4.69) is 15.6 Å². The number of ether oxygens (including phenoxy) is 1. The van der Waals surface area contributed by atoms with Gasteiger partial charge in [0.2, 0.25) is 11.8 Å². The van der Waals surface area contributed by atoms with Crippen LogP contribution in [0.2, 0.25) is 0 Å². The topological polar surface area (TPSA) is 63.2 Å². The molecule has 1 aromatic rings. The molecule has 0 bridgehead atoms. The highest BCUT2D eigenvalue weighted by molar-refractivity contribution is 5.78. The summed E-state index contributed by atoms with van der Waals surface area (Å²) in [5.74, 6) is 0.814. The Bertz CT molecular complexity index is 434. The van der Waals surface area contributed by atoms with E-state index >= 15 is 0 Å². The molecule has 2 heterocycles. The van der Waals surface area contributed by atoms with Gasteiger partial charge in [0.15, 0.2) is 0 Å². The van der Waals surface area contributed by atoms with Crippen LogP contribution in [0, 0.1) is 6.92 Å². The van der Waals surface area contributed by atoms with Crippen LogP contribution in [0.1, 0.15) is 24.1 Å². The van der Waals surface area contributed by atoms with E-state index in [0.717, 1.165) is 24.2 Å². The summed E-state index contributed by atoms with van der Waals surface area (Å²) in [5.41, 5.74) is 1.98. The van der Waals surface area contributed by atoms with E-state index in [1.54, 1.807) is 7.11 Å². The first kappa shape index (κ1) is 12.8. The SMILES string of the molecule is COc1nc(C)ccc1CNC[C@H]1CCC(=O)N1. The Hall–Kier alpha value is -1.62. The third-order valence-corrected chi connectivity index (χ3v) is 3.06. The van der Waals surface area contributed by atoms with Gasteiger partial charge in [-0.15, -0.1) is 0 Å². The van der Waals surface area contributed by atoms with Gasteiger partial charge >= 0.3 is 0 Å². The van der Waals surface area contributed by atoms with Crippen LogP contribution in [0.25, 0.3) is 0 Å². The molecule has 98 valence electrons. The summed E-state index contributed by atoms with van der Waals surface area (Å²) in [6.07, 6.45) is 1.55. The highest BCUT2D eigenvalue weighted by atomic mass is 16.5. The van der Waals surface area contributed by atoms with Crippen molar-refractivity contribution >= 4 is 5.91 Å². The smallest absolute Gasteiger partial charge is 0.220 e. The highest BCUT2D eigenvalue weighted by Gasteiger charge is 2.19. The monoisotopic (exact) mass is 249 g/mol. The van der Waals surface area contributed by atoms with Crippen LogP contribution in [-0.2, 0) is 11.3 Å². The molecular formula is C13H19N3O2. The summed E-state index contributed by atoms with van der Waals surface area (Å²) in [5, 5.41) is 6.25. The lowest BCUT2D eigenvalue weighted by Crippen LogP contribution is -2.35. The third kappa shape index (κ3) is 3.20. The average molecular weight is 249 g/mol. The summed E-state index contributed by atoms with van der Waals surface area (Å²) >= 11 is 0. The van der Waals surface area contributed by atoms with E-state index in [-0.39, 0.29) is 11.9 Å². The summed E-state index contributed by atoms with van der Waals surface area (Å²) < 4.78 is 5.24. The van der Waals surface area contributed by atoms with Gasteiger partial charge in [-0.05, 0) is 19.4 Å². The Labute approximate surface area is 107 Å². The first-order valence-corrected chi connectivity index (χ1v) is 6.19. The molecule has 1 aromatic heterocycles. The molecular weight excluding hydrogens is 230 g/mol. The van der Waals surface area contributed by atoms with Crippen LogP contribution in [0.5, 0.6) is 5.88 Å². The predicted molar refractivity (Wildman–Crippen MR) is 68.4 cm³/mol. The largest absolute Gasteiger partial charge is 0.481 e. The minimum atomic E-state index is 0.149. The van der Waals surface area contributed by atoms with Gasteiger partial charge in [0.25, 0.3) is 0 Å². The molecule has 18 heavy (non-hydrogen) atoms. The molecule has 0 aromatic carbocycles. The van der Waals surface area contributed by atoms with Crippen molar-refractivity contribution in [1.29, 1.82) is 0 Å². The molecule has 5 heteroatoms. The van der Waals surface area contributed by atoms with Crippen molar-refractivity contribution in [2.75, 3.05) is 13.7 Å². The lowest BCUT2D eigenvalue weighted by molar-refractivity contribution is -0.119. The predicted octanol–water partition coefficient (Wildman–Crippen LogP) is 0.767. The summed E-state index contributed by atoms with van der Waals surface area (Å²) in [6, 6.07) is 4.24. The Morgan fingerprint density at radius 1 is 1.56 bits per heavy atom. The van der Waals surface area contributed by atoms with Crippen LogP contribution in [-0.4, -0.2) is 30.6 Å². The van der Waals surface area contributed by atoms with Gasteiger partial charge in [0.05, 0.1) is 7.11 Å². The highest BCUT2D eigenvalue weighted by Crippen LogP contribution is 2.15. The fraction of sp³-hybridized carbons (Fsp3) is 0.538. The Morgan fingerprint density at radius 2 is 2.39 bits per heavy atom. The van der Waals surface area contributed by atoms with E-state index in [1.807, 2.05) is 19.1 Å². The van der Waals surface area contributed by atoms with Crippen LogP contribution in [0.3, 0.4) is 0 Å². The number of nitrogens with zero attached hydrogens (tertiary/aromatic N) is 1. The first-order chi connectivity index (χ1) is 8.69. The second kappa shape index (κ2) is 5.82. The van der Waals surface area contributed by atoms with Gasteiger partial charge < -0.3 is 15.4 Å². The molecule has 2 rings (SSSR count). The number of pyridine rings is 1. The molecule has 1 aliphatic heterocycles. The number of aryl methyl sites for hydroxylation is 1. The molecule has 1 amide bonds. The van der Waals surface area contributed by atoms with Crippen LogP contribution in [0.4, 0.5) is 0 Å². The zero-order valence-corrected chi connectivity index (χ0v) is 10.8. The standard InChI is InChI=1S/C13H19N3O2/c1-9-3-4-10(13(15-9)18-2)7-14-8-11-5-6-12(17)16-11/h3-4,11,14H,5-8H2,1-2H3,(H,16,17)/t11-/m1/s1. The Kier molecular flexibility index (Phi) is 4.15. The van der Waals surface area contributed by atoms with E-state index in [1.165, 1.54) is 0 Å². The number of rotatable bonds is 5. The van der Waals surface area contributed by atoms with Crippen LogP contribution < -0.4 is 15.4 Å². The molecule has 1 saturated heterocycles. The van der Waals surface area contributed by atoms with Crippen LogP contribution in [0.15, 0.2) is 12.1 Å². The van der Waals surface area contributed by atoms with Crippen molar-refractivity contribution in [2.45, 2.75) is 32.4 Å². The number of hydrogen-bond acceptors (Lipinski definition) is 4. The van der Waals surface area contributed by atoms with E-state index < -0.39 is 0 Å². The Balaban J connectivity index is 1.84. The first-order valence-electron chi connectivity index (χ1n) is 6.19. The maximum atomic E-state index is 11.1. The number of methoxy groups -OCH3 is 1. The normalized spacial score (nSPS) is 18.8. The lowest BCUT2D eigenvalue weighted by Gasteiger charge is -2.13. The third-order valence-electron chi connectivity index (χ3n) is 3.06. The molecule has 1 aliphatic rings. The molecule has 1 fully saturated rings. The van der Waals surface area contributed by atoms with Gasteiger partial charge in [-0.3, -0.25) is 4.79 Å². The van der Waals surface area contributed by atoms with Gasteiger partial charge in [0, 0.05) is 36.8 Å². The quantitative estimate of drug-likeness (QED) is 0.809. The number of aromatic nitrogens is 1. The minimum absolute atomic E-state index is 0.149. The zero-order chi connectivity index (χ0) is 13.0. The van der Waals surface area contributed by atoms with Crippen molar-refractivity contribution in [1.82, 2.24) is 15.6 Å². The van der Waals surface area contributed by atoms with Crippen molar-refractivity contribution in [3.8, 4) is 5.88 Å². The molecule has 5 nitrogen and oxygen atoms in total. The molecule has 2 N–H and O–H groups in total. The minimum Gasteiger partial charge on any atom is -0.481 e. The van der Waals surface area contributed by atoms with Gasteiger partial charge in [-0.2, -0.15) is 0 Å². The average Bonchev–Trinajstić information content (AvgIpc) is 2.77. The summed E-state index contributed by atoms with van der Waals surface area (Å²) in [6.45, 7) is 3.42. The van der Waals surface area contributed by atoms with Crippen molar-refractivity contribution in [3.63, 3.8) is 0 Å². The van der Waals surface area contributed by atoms with E-state index in [4.69, 9.17) is 4.74 Å². The second-order valence-electron chi connectivity index (χ2n) is 4.56. The fourth-order valence-electron chi connectivity index (χ4n) is 2.08. The molecule has 0 radical (unpaired) electrons. The molecule has 0 saturated carbocycles. The van der Waals surface area contributed by atoms with Crippen LogP contribution >= 0.6 is 0 Å². The lowest BCUT2D eigenvalue weighted by atomic mass is 10.2. The zero-order valence-electron chi connectivity index (χ0n) is 10.8.